The highest BCUT2D eigenvalue weighted by Gasteiger charge is 2.05. The SMILES string of the molecule is CSc1nc(C)nc2[nH]ncc12. The average Bonchev–Trinajstić information content (AvgIpc) is 2.50. The van der Waals surface area contributed by atoms with Gasteiger partial charge in [-0.05, 0) is 13.2 Å². The first-order chi connectivity index (χ1) is 5.81. The van der Waals surface area contributed by atoms with E-state index in [9.17, 15) is 0 Å². The molecule has 0 bridgehead atoms. The van der Waals surface area contributed by atoms with Crippen molar-refractivity contribution in [3.05, 3.63) is 12.0 Å². The van der Waals surface area contributed by atoms with Crippen LogP contribution in [0.1, 0.15) is 5.82 Å². The van der Waals surface area contributed by atoms with Crippen molar-refractivity contribution >= 4 is 22.8 Å². The predicted molar refractivity (Wildman–Crippen MR) is 48.2 cm³/mol. The first-order valence-electron chi connectivity index (χ1n) is 3.53. The molecule has 0 saturated heterocycles. The summed E-state index contributed by atoms with van der Waals surface area (Å²) in [5.74, 6) is 0.774. The Morgan fingerprint density at radius 1 is 1.42 bits per heavy atom. The van der Waals surface area contributed by atoms with Gasteiger partial charge in [0.25, 0.3) is 0 Å². The Morgan fingerprint density at radius 3 is 3.00 bits per heavy atom. The molecule has 5 heteroatoms. The standard InChI is InChI=1S/C7H8N4S/c1-4-9-6-5(3-8-11-6)7(10-4)12-2/h3H,1-2H3,(H,8,9,10,11). The summed E-state index contributed by atoms with van der Waals surface area (Å²) in [6, 6.07) is 0. The molecule has 0 aliphatic heterocycles. The second kappa shape index (κ2) is 2.75. The normalized spacial score (nSPS) is 10.8. The molecule has 0 aromatic carbocycles. The second-order valence-corrected chi connectivity index (χ2v) is 3.21. The van der Waals surface area contributed by atoms with Gasteiger partial charge in [0.05, 0.1) is 11.6 Å². The number of aryl methyl sites for hydroxylation is 1. The van der Waals surface area contributed by atoms with Crippen LogP contribution in [0.3, 0.4) is 0 Å². The van der Waals surface area contributed by atoms with Crippen LogP contribution in [0.25, 0.3) is 11.0 Å². The third-order valence-electron chi connectivity index (χ3n) is 1.58. The fourth-order valence-electron chi connectivity index (χ4n) is 1.07. The van der Waals surface area contributed by atoms with Crippen LogP contribution in [0.5, 0.6) is 0 Å². The van der Waals surface area contributed by atoms with Gasteiger partial charge in [0, 0.05) is 0 Å². The van der Waals surface area contributed by atoms with Crippen molar-refractivity contribution < 1.29 is 0 Å². The number of hydrogen-bond donors (Lipinski definition) is 1. The van der Waals surface area contributed by atoms with E-state index < -0.39 is 0 Å². The van der Waals surface area contributed by atoms with Crippen LogP contribution >= 0.6 is 11.8 Å². The molecule has 0 atom stereocenters. The van der Waals surface area contributed by atoms with E-state index in [0.29, 0.717) is 0 Å². The number of fused-ring (bicyclic) bond motifs is 1. The lowest BCUT2D eigenvalue weighted by Crippen LogP contribution is -1.90. The van der Waals surface area contributed by atoms with E-state index in [1.807, 2.05) is 13.2 Å². The zero-order valence-electron chi connectivity index (χ0n) is 6.83. The van der Waals surface area contributed by atoms with Crippen LogP contribution in [0.2, 0.25) is 0 Å². The molecule has 2 rings (SSSR count). The minimum Gasteiger partial charge on any atom is -0.261 e. The van der Waals surface area contributed by atoms with Crippen molar-refractivity contribution in [2.24, 2.45) is 0 Å². The van der Waals surface area contributed by atoms with Gasteiger partial charge in [0.2, 0.25) is 0 Å². The van der Waals surface area contributed by atoms with Crippen molar-refractivity contribution in [3.63, 3.8) is 0 Å². The fraction of sp³-hybridized carbons (Fsp3) is 0.286. The van der Waals surface area contributed by atoms with Gasteiger partial charge in [0.15, 0.2) is 5.65 Å². The largest absolute Gasteiger partial charge is 0.261 e. The van der Waals surface area contributed by atoms with E-state index in [1.165, 1.54) is 0 Å². The molecule has 0 fully saturated rings. The highest BCUT2D eigenvalue weighted by atomic mass is 32.2. The molecule has 4 nitrogen and oxygen atoms in total. The van der Waals surface area contributed by atoms with Gasteiger partial charge < -0.3 is 0 Å². The maximum atomic E-state index is 4.28. The smallest absolute Gasteiger partial charge is 0.160 e. The molecular formula is C7H8N4S. The maximum Gasteiger partial charge on any atom is 0.160 e. The molecule has 2 aromatic rings. The number of hydrogen-bond acceptors (Lipinski definition) is 4. The minimum absolute atomic E-state index is 0.774. The number of thioether (sulfide) groups is 1. The number of H-pyrrole nitrogens is 1. The van der Waals surface area contributed by atoms with Crippen LogP contribution in [-0.2, 0) is 0 Å². The van der Waals surface area contributed by atoms with Crippen LogP contribution in [0, 0.1) is 6.92 Å². The Kier molecular flexibility index (Phi) is 1.73. The number of nitrogens with zero attached hydrogens (tertiary/aromatic N) is 3. The lowest BCUT2D eigenvalue weighted by molar-refractivity contribution is 0.997. The van der Waals surface area contributed by atoms with Crippen molar-refractivity contribution in [1.82, 2.24) is 20.2 Å². The van der Waals surface area contributed by atoms with Gasteiger partial charge in [-0.25, -0.2) is 9.97 Å². The molecule has 2 heterocycles. The first kappa shape index (κ1) is 7.54. The lowest BCUT2D eigenvalue weighted by atomic mass is 10.4. The summed E-state index contributed by atoms with van der Waals surface area (Å²) in [4.78, 5) is 8.49. The Morgan fingerprint density at radius 2 is 2.25 bits per heavy atom. The Balaban J connectivity index is 2.80. The Hall–Kier alpha value is -1.10. The zero-order chi connectivity index (χ0) is 8.55. The summed E-state index contributed by atoms with van der Waals surface area (Å²) < 4.78 is 0. The average molecular weight is 180 g/mol. The lowest BCUT2D eigenvalue weighted by Gasteiger charge is -1.97. The Labute approximate surface area is 73.8 Å². The van der Waals surface area contributed by atoms with E-state index in [2.05, 4.69) is 20.2 Å². The number of aromatic nitrogens is 4. The quantitative estimate of drug-likeness (QED) is 0.532. The molecule has 0 unspecified atom stereocenters. The van der Waals surface area contributed by atoms with E-state index in [1.54, 1.807) is 18.0 Å². The van der Waals surface area contributed by atoms with Gasteiger partial charge in [-0.2, -0.15) is 5.10 Å². The minimum atomic E-state index is 0.774. The van der Waals surface area contributed by atoms with Gasteiger partial charge in [0.1, 0.15) is 10.9 Å². The second-order valence-electron chi connectivity index (χ2n) is 2.41. The predicted octanol–water partition coefficient (Wildman–Crippen LogP) is 1.38. The summed E-state index contributed by atoms with van der Waals surface area (Å²) in [5.41, 5.74) is 0.812. The third-order valence-corrected chi connectivity index (χ3v) is 2.28. The molecule has 0 aliphatic rings. The Bertz CT molecular complexity index is 409. The zero-order valence-corrected chi connectivity index (χ0v) is 7.64. The molecule has 0 aliphatic carbocycles. The molecule has 0 radical (unpaired) electrons. The van der Waals surface area contributed by atoms with Crippen LogP contribution in [-0.4, -0.2) is 26.4 Å². The third kappa shape index (κ3) is 1.06. The summed E-state index contributed by atoms with van der Waals surface area (Å²) >= 11 is 1.61. The van der Waals surface area contributed by atoms with Gasteiger partial charge in [-0.3, -0.25) is 5.10 Å². The van der Waals surface area contributed by atoms with Crippen LogP contribution in [0.15, 0.2) is 11.2 Å². The highest BCUT2D eigenvalue weighted by molar-refractivity contribution is 7.98. The highest BCUT2D eigenvalue weighted by Crippen LogP contribution is 2.20. The molecule has 0 spiro atoms. The van der Waals surface area contributed by atoms with Crippen molar-refractivity contribution in [2.45, 2.75) is 11.9 Å². The maximum absolute atomic E-state index is 4.28. The monoisotopic (exact) mass is 180 g/mol. The molecule has 0 saturated carbocycles. The summed E-state index contributed by atoms with van der Waals surface area (Å²) in [6.07, 6.45) is 3.74. The van der Waals surface area contributed by atoms with Crippen LogP contribution in [0.4, 0.5) is 0 Å². The molecule has 0 amide bonds. The molecular weight excluding hydrogens is 172 g/mol. The summed E-state index contributed by atoms with van der Waals surface area (Å²) in [5, 5.41) is 8.70. The fourth-order valence-corrected chi connectivity index (χ4v) is 1.66. The topological polar surface area (TPSA) is 54.5 Å². The number of nitrogens with one attached hydrogen (secondary N) is 1. The number of rotatable bonds is 1. The van der Waals surface area contributed by atoms with Crippen molar-refractivity contribution in [3.8, 4) is 0 Å². The van der Waals surface area contributed by atoms with Gasteiger partial charge >= 0.3 is 0 Å². The van der Waals surface area contributed by atoms with E-state index in [0.717, 1.165) is 21.9 Å². The molecule has 2 aromatic heterocycles. The van der Waals surface area contributed by atoms with Crippen LogP contribution < -0.4 is 0 Å². The van der Waals surface area contributed by atoms with E-state index in [4.69, 9.17) is 0 Å². The van der Waals surface area contributed by atoms with Crippen molar-refractivity contribution in [1.29, 1.82) is 0 Å². The van der Waals surface area contributed by atoms with Crippen molar-refractivity contribution in [2.75, 3.05) is 6.26 Å². The molecule has 62 valence electrons. The first-order valence-corrected chi connectivity index (χ1v) is 4.75. The molecule has 12 heavy (non-hydrogen) atoms. The molecule has 1 N–H and O–H groups in total. The van der Waals surface area contributed by atoms with Gasteiger partial charge in [-0.15, -0.1) is 11.8 Å². The van der Waals surface area contributed by atoms with E-state index in [-0.39, 0.29) is 0 Å². The van der Waals surface area contributed by atoms with E-state index >= 15 is 0 Å². The summed E-state index contributed by atoms with van der Waals surface area (Å²) in [7, 11) is 0. The number of aromatic amines is 1. The van der Waals surface area contributed by atoms with Gasteiger partial charge in [-0.1, -0.05) is 0 Å². The summed E-state index contributed by atoms with van der Waals surface area (Å²) in [6.45, 7) is 1.88.